The van der Waals surface area contributed by atoms with Gasteiger partial charge in [-0.3, -0.25) is 9.59 Å². The Morgan fingerprint density at radius 3 is 2.31 bits per heavy atom. The maximum Gasteiger partial charge on any atom is 0.262 e. The van der Waals surface area contributed by atoms with Crippen LogP contribution >= 0.6 is 23.4 Å². The molecule has 0 spiro atoms. The molecule has 0 heterocycles. The molecule has 2 amide bonds. The van der Waals surface area contributed by atoms with E-state index in [2.05, 4.69) is 10.6 Å². The smallest absolute Gasteiger partial charge is 0.262 e. The fraction of sp³-hybridized carbons (Fsp3) is 0.103. The van der Waals surface area contributed by atoms with E-state index in [-0.39, 0.29) is 18.4 Å². The fourth-order valence-corrected chi connectivity index (χ4v) is 4.75. The topological polar surface area (TPSA) is 67.4 Å². The molecule has 2 N–H and O–H groups in total. The molecule has 4 aromatic carbocycles. The molecule has 4 rings (SSSR count). The first-order valence-electron chi connectivity index (χ1n) is 11.3. The second-order valence-electron chi connectivity index (χ2n) is 7.99. The fourth-order valence-electron chi connectivity index (χ4n) is 3.49. The minimum Gasteiger partial charge on any atom is -0.484 e. The zero-order valence-corrected chi connectivity index (χ0v) is 21.2. The van der Waals surface area contributed by atoms with Gasteiger partial charge in [-0.05, 0) is 60.5 Å². The van der Waals surface area contributed by atoms with Crippen molar-refractivity contribution in [2.24, 2.45) is 0 Å². The van der Waals surface area contributed by atoms with E-state index in [4.69, 9.17) is 16.3 Å². The number of rotatable bonds is 9. The summed E-state index contributed by atoms with van der Waals surface area (Å²) in [5.74, 6) is 0.195. The van der Waals surface area contributed by atoms with Crippen LogP contribution in [0.25, 0.3) is 0 Å². The molecule has 0 aliphatic carbocycles. The number of thioether (sulfide) groups is 1. The van der Waals surface area contributed by atoms with Crippen molar-refractivity contribution in [1.29, 1.82) is 0 Å². The molecule has 36 heavy (non-hydrogen) atoms. The van der Waals surface area contributed by atoms with Gasteiger partial charge in [-0.2, -0.15) is 0 Å². The highest BCUT2D eigenvalue weighted by Gasteiger charge is 2.23. The number of benzene rings is 4. The number of carbonyl (C=O) groups excluding carboxylic acids is 2. The molecule has 1 unspecified atom stereocenters. The van der Waals surface area contributed by atoms with Gasteiger partial charge in [0.1, 0.15) is 11.0 Å². The van der Waals surface area contributed by atoms with Gasteiger partial charge in [-0.15, -0.1) is 11.8 Å². The molecule has 7 heteroatoms. The summed E-state index contributed by atoms with van der Waals surface area (Å²) >= 11 is 7.64. The number of anilines is 2. The molecule has 0 radical (unpaired) electrons. The third kappa shape index (κ3) is 6.90. The minimum atomic E-state index is -0.517. The number of hydrogen-bond donors (Lipinski definition) is 2. The molecule has 0 saturated heterocycles. The lowest BCUT2D eigenvalue weighted by Gasteiger charge is -2.19. The van der Waals surface area contributed by atoms with E-state index in [1.54, 1.807) is 24.3 Å². The van der Waals surface area contributed by atoms with Crippen molar-refractivity contribution in [1.82, 2.24) is 0 Å². The quantitative estimate of drug-likeness (QED) is 0.232. The van der Waals surface area contributed by atoms with E-state index in [1.807, 2.05) is 85.8 Å². The number of para-hydroxylation sites is 1. The molecule has 5 nitrogen and oxygen atoms in total. The van der Waals surface area contributed by atoms with Gasteiger partial charge in [-0.25, -0.2) is 0 Å². The Morgan fingerprint density at radius 2 is 1.56 bits per heavy atom. The van der Waals surface area contributed by atoms with Crippen LogP contribution in [0.4, 0.5) is 11.4 Å². The highest BCUT2D eigenvalue weighted by atomic mass is 35.5. The number of hydrogen-bond acceptors (Lipinski definition) is 4. The van der Waals surface area contributed by atoms with E-state index < -0.39 is 5.25 Å². The summed E-state index contributed by atoms with van der Waals surface area (Å²) in [6.07, 6.45) is 0. The second kappa shape index (κ2) is 12.3. The number of amides is 2. The van der Waals surface area contributed by atoms with Crippen molar-refractivity contribution in [2.75, 3.05) is 17.2 Å². The van der Waals surface area contributed by atoms with E-state index in [1.165, 1.54) is 11.8 Å². The number of ether oxygens (including phenoxy) is 1. The van der Waals surface area contributed by atoms with Crippen molar-refractivity contribution in [2.45, 2.75) is 17.1 Å². The third-order valence-corrected chi connectivity index (χ3v) is 7.01. The monoisotopic (exact) mass is 516 g/mol. The molecular weight excluding hydrogens is 492 g/mol. The Kier molecular flexibility index (Phi) is 8.66. The van der Waals surface area contributed by atoms with Gasteiger partial charge < -0.3 is 15.4 Å². The van der Waals surface area contributed by atoms with Crippen LogP contribution in [0.15, 0.2) is 108 Å². The van der Waals surface area contributed by atoms with Gasteiger partial charge >= 0.3 is 0 Å². The lowest BCUT2D eigenvalue weighted by Crippen LogP contribution is -2.20. The molecule has 1 atom stereocenters. The Balaban J connectivity index is 1.47. The van der Waals surface area contributed by atoms with Gasteiger partial charge in [-0.1, -0.05) is 72.3 Å². The van der Waals surface area contributed by atoms with Gasteiger partial charge in [0.2, 0.25) is 5.91 Å². The lowest BCUT2D eigenvalue weighted by atomic mass is 10.1. The van der Waals surface area contributed by atoms with E-state index in [0.717, 1.165) is 16.0 Å². The zero-order valence-electron chi connectivity index (χ0n) is 19.6. The summed E-state index contributed by atoms with van der Waals surface area (Å²) in [6, 6.07) is 31.6. The molecule has 0 bridgehead atoms. The van der Waals surface area contributed by atoms with Gasteiger partial charge in [0.25, 0.3) is 5.91 Å². The SMILES string of the molecule is Cc1c(Cl)cccc1NC(=O)C(Sc1cccc(NC(=O)COc2ccccc2)c1)c1ccccc1. The molecule has 182 valence electrons. The third-order valence-electron chi connectivity index (χ3n) is 5.35. The number of carbonyl (C=O) groups is 2. The average Bonchev–Trinajstić information content (AvgIpc) is 2.90. The first-order chi connectivity index (χ1) is 17.5. The first kappa shape index (κ1) is 25.4. The van der Waals surface area contributed by atoms with E-state index in [9.17, 15) is 9.59 Å². The van der Waals surface area contributed by atoms with Crippen LogP contribution < -0.4 is 15.4 Å². The second-order valence-corrected chi connectivity index (χ2v) is 9.57. The standard InChI is InChI=1S/C29H25ClN2O3S/c1-20-25(30)16-9-17-26(20)32-29(34)28(21-10-4-2-5-11-21)36-24-15-8-12-22(18-24)31-27(33)19-35-23-13-6-3-7-14-23/h2-18,28H,19H2,1H3,(H,31,33)(H,32,34). The summed E-state index contributed by atoms with van der Waals surface area (Å²) in [6.45, 7) is 1.77. The molecular formula is C29H25ClN2O3S. The van der Waals surface area contributed by atoms with Gasteiger partial charge in [0, 0.05) is 21.3 Å². The predicted molar refractivity (Wildman–Crippen MR) is 147 cm³/mol. The van der Waals surface area contributed by atoms with E-state index in [0.29, 0.717) is 22.1 Å². The number of nitrogens with one attached hydrogen (secondary N) is 2. The van der Waals surface area contributed by atoms with E-state index >= 15 is 0 Å². The summed E-state index contributed by atoms with van der Waals surface area (Å²) in [7, 11) is 0. The molecule has 0 aliphatic rings. The Bertz CT molecular complexity index is 1330. The van der Waals surface area contributed by atoms with Crippen LogP contribution in [0.2, 0.25) is 5.02 Å². The average molecular weight is 517 g/mol. The van der Waals surface area contributed by atoms with Gasteiger partial charge in [0.05, 0.1) is 0 Å². The molecule has 4 aromatic rings. The highest BCUT2D eigenvalue weighted by Crippen LogP contribution is 2.37. The van der Waals surface area contributed by atoms with Crippen LogP contribution in [0, 0.1) is 6.92 Å². The Hall–Kier alpha value is -3.74. The first-order valence-corrected chi connectivity index (χ1v) is 12.6. The van der Waals surface area contributed by atoms with Crippen LogP contribution in [-0.2, 0) is 9.59 Å². The van der Waals surface area contributed by atoms with Crippen molar-refractivity contribution in [3.8, 4) is 5.75 Å². The van der Waals surface area contributed by atoms with Crippen molar-refractivity contribution >= 4 is 46.6 Å². The summed E-state index contributed by atoms with van der Waals surface area (Å²) in [4.78, 5) is 26.6. The minimum absolute atomic E-state index is 0.102. The van der Waals surface area contributed by atoms with Crippen LogP contribution in [0.5, 0.6) is 5.75 Å². The summed E-state index contributed by atoms with van der Waals surface area (Å²) < 4.78 is 5.52. The largest absolute Gasteiger partial charge is 0.484 e. The lowest BCUT2D eigenvalue weighted by molar-refractivity contribution is -0.118. The van der Waals surface area contributed by atoms with Gasteiger partial charge in [0.15, 0.2) is 6.61 Å². The highest BCUT2D eigenvalue weighted by molar-refractivity contribution is 8.00. The maximum atomic E-state index is 13.4. The molecule has 0 fully saturated rings. The van der Waals surface area contributed by atoms with Crippen LogP contribution in [0.3, 0.4) is 0 Å². The Morgan fingerprint density at radius 1 is 0.861 bits per heavy atom. The Labute approximate surface area is 219 Å². The maximum absolute atomic E-state index is 13.4. The summed E-state index contributed by atoms with van der Waals surface area (Å²) in [5, 5.41) is 5.95. The summed E-state index contributed by atoms with van der Waals surface area (Å²) in [5.41, 5.74) is 2.98. The predicted octanol–water partition coefficient (Wildman–Crippen LogP) is 7.14. The molecule has 0 saturated carbocycles. The van der Waals surface area contributed by atoms with Crippen molar-refractivity contribution in [3.63, 3.8) is 0 Å². The number of halogens is 1. The zero-order chi connectivity index (χ0) is 25.3. The normalized spacial score (nSPS) is 11.4. The van der Waals surface area contributed by atoms with Crippen LogP contribution in [0.1, 0.15) is 16.4 Å². The molecule has 0 aliphatic heterocycles. The van der Waals surface area contributed by atoms with Crippen molar-refractivity contribution < 1.29 is 14.3 Å². The van der Waals surface area contributed by atoms with Crippen LogP contribution in [-0.4, -0.2) is 18.4 Å². The van der Waals surface area contributed by atoms with Crippen molar-refractivity contribution in [3.05, 3.63) is 119 Å². The molecule has 0 aromatic heterocycles.